The van der Waals surface area contributed by atoms with Gasteiger partial charge in [-0.1, -0.05) is 0 Å². The molecule has 0 aliphatic carbocycles. The van der Waals surface area contributed by atoms with Crippen molar-refractivity contribution >= 4 is 0 Å². The maximum absolute atomic E-state index is 2.00. The molecular weight excluding hydrogens is 290 g/mol. The minimum atomic E-state index is 0. The summed E-state index contributed by atoms with van der Waals surface area (Å²) in [5.74, 6) is 0. The van der Waals surface area contributed by atoms with Crippen LogP contribution in [-0.4, -0.2) is 26.0 Å². The van der Waals surface area contributed by atoms with E-state index < -0.39 is 0 Å². The van der Waals surface area contributed by atoms with E-state index in [1.165, 1.54) is 0 Å². The van der Waals surface area contributed by atoms with Crippen LogP contribution in [-0.2, 0) is 0 Å². The summed E-state index contributed by atoms with van der Waals surface area (Å²) in [7, 11) is 6.00. The quantitative estimate of drug-likeness (QED) is 0.429. The Bertz CT molecular complexity index is 14.9. The van der Waals surface area contributed by atoms with Gasteiger partial charge >= 0.3 is 0 Å². The SMILES string of the molecule is CN(C)C.[Br-].[Br-].[Br-]. The van der Waals surface area contributed by atoms with Crippen molar-refractivity contribution in [3.63, 3.8) is 0 Å². The minimum Gasteiger partial charge on any atom is -1.00 e. The van der Waals surface area contributed by atoms with E-state index in [-0.39, 0.29) is 50.9 Å². The van der Waals surface area contributed by atoms with E-state index in [0.717, 1.165) is 0 Å². The number of nitrogens with zero attached hydrogens (tertiary/aromatic N) is 1. The van der Waals surface area contributed by atoms with Crippen molar-refractivity contribution in [2.24, 2.45) is 0 Å². The van der Waals surface area contributed by atoms with Crippen LogP contribution < -0.4 is 50.9 Å². The molecule has 0 aliphatic rings. The normalized spacial score (nSPS) is 5.14. The van der Waals surface area contributed by atoms with Crippen molar-refractivity contribution < 1.29 is 50.9 Å². The molecule has 0 amide bonds. The second kappa shape index (κ2) is 15.7. The lowest BCUT2D eigenvalue weighted by Crippen LogP contribution is -3.00. The lowest BCUT2D eigenvalue weighted by molar-refractivity contribution is -0.00100. The molecule has 0 aromatic rings. The summed E-state index contributed by atoms with van der Waals surface area (Å²) >= 11 is 0. The fraction of sp³-hybridized carbons (Fsp3) is 1.00. The Morgan fingerprint density at radius 3 is 0.714 bits per heavy atom. The molecule has 0 saturated carbocycles. The molecule has 50 valence electrons. The third-order valence-electron chi connectivity index (χ3n) is 0. The van der Waals surface area contributed by atoms with Gasteiger partial charge in [-0.3, -0.25) is 0 Å². The summed E-state index contributed by atoms with van der Waals surface area (Å²) in [5.41, 5.74) is 0. The van der Waals surface area contributed by atoms with Crippen molar-refractivity contribution in [2.45, 2.75) is 0 Å². The molecule has 0 aromatic heterocycles. The largest absolute Gasteiger partial charge is 1.00 e. The summed E-state index contributed by atoms with van der Waals surface area (Å²) < 4.78 is 0. The van der Waals surface area contributed by atoms with E-state index in [2.05, 4.69) is 0 Å². The first-order valence-electron chi connectivity index (χ1n) is 1.34. The third kappa shape index (κ3) is 110. The average Bonchev–Trinajstić information content (AvgIpc) is 0.811. The Morgan fingerprint density at radius 2 is 0.714 bits per heavy atom. The third-order valence-corrected chi connectivity index (χ3v) is 0. The van der Waals surface area contributed by atoms with Gasteiger partial charge in [-0.2, -0.15) is 0 Å². The van der Waals surface area contributed by atoms with Crippen LogP contribution in [0.15, 0.2) is 0 Å². The zero-order valence-electron chi connectivity index (χ0n) is 4.58. The van der Waals surface area contributed by atoms with E-state index in [1.807, 2.05) is 26.0 Å². The number of halogens is 3. The van der Waals surface area contributed by atoms with Gasteiger partial charge in [-0.25, -0.2) is 0 Å². The van der Waals surface area contributed by atoms with Gasteiger partial charge in [0.25, 0.3) is 0 Å². The fourth-order valence-electron chi connectivity index (χ4n) is 0. The van der Waals surface area contributed by atoms with Gasteiger partial charge < -0.3 is 55.8 Å². The first-order chi connectivity index (χ1) is 1.73. The standard InChI is InChI=1S/C3H9N.3BrH/c1-4(2)3;;;/h1-3H3;3*1H/p-3. The van der Waals surface area contributed by atoms with Gasteiger partial charge in [-0.15, -0.1) is 0 Å². The Labute approximate surface area is 76.8 Å². The van der Waals surface area contributed by atoms with Crippen LogP contribution in [0.2, 0.25) is 0 Å². The van der Waals surface area contributed by atoms with Crippen molar-refractivity contribution in [3.05, 3.63) is 0 Å². The van der Waals surface area contributed by atoms with Crippen molar-refractivity contribution in [1.82, 2.24) is 4.90 Å². The number of hydrogen-bond acceptors (Lipinski definition) is 1. The molecule has 0 aromatic carbocycles. The Kier molecular flexibility index (Phi) is 53.1. The molecule has 0 saturated heterocycles. The summed E-state index contributed by atoms with van der Waals surface area (Å²) in [6.45, 7) is 0. The molecule has 1 nitrogen and oxygen atoms in total. The number of hydrogen-bond donors (Lipinski definition) is 0. The van der Waals surface area contributed by atoms with Gasteiger partial charge in [0.2, 0.25) is 0 Å². The van der Waals surface area contributed by atoms with Gasteiger partial charge in [0.1, 0.15) is 0 Å². The monoisotopic (exact) mass is 296 g/mol. The van der Waals surface area contributed by atoms with E-state index in [1.54, 1.807) is 0 Å². The highest BCUT2D eigenvalue weighted by molar-refractivity contribution is 4.09. The molecule has 4 heteroatoms. The Morgan fingerprint density at radius 1 is 0.714 bits per heavy atom. The van der Waals surface area contributed by atoms with Gasteiger partial charge in [0.15, 0.2) is 0 Å². The summed E-state index contributed by atoms with van der Waals surface area (Å²) in [6.07, 6.45) is 0. The molecule has 0 unspecified atom stereocenters. The van der Waals surface area contributed by atoms with E-state index in [0.29, 0.717) is 0 Å². The smallest absolute Gasteiger partial charge is 0.0140 e. The predicted molar refractivity (Wildman–Crippen MR) is 19.6 cm³/mol. The van der Waals surface area contributed by atoms with Crippen LogP contribution in [0.25, 0.3) is 0 Å². The van der Waals surface area contributed by atoms with Crippen molar-refractivity contribution in [2.75, 3.05) is 21.1 Å². The molecule has 0 fully saturated rings. The Hall–Kier alpha value is 1.40. The van der Waals surface area contributed by atoms with Crippen LogP contribution in [0.3, 0.4) is 0 Å². The summed E-state index contributed by atoms with van der Waals surface area (Å²) in [4.78, 5) is 2.00. The second-order valence-corrected chi connectivity index (χ2v) is 1.34. The maximum Gasteiger partial charge on any atom is -0.0140 e. The molecule has 7 heavy (non-hydrogen) atoms. The molecule has 0 aliphatic heterocycles. The number of rotatable bonds is 0. The zero-order valence-corrected chi connectivity index (χ0v) is 9.34. The molecule has 0 spiro atoms. The molecule has 0 heterocycles. The van der Waals surface area contributed by atoms with Crippen LogP contribution in [0, 0.1) is 0 Å². The molecule has 0 rings (SSSR count). The van der Waals surface area contributed by atoms with Gasteiger partial charge in [0.05, 0.1) is 0 Å². The van der Waals surface area contributed by atoms with Crippen molar-refractivity contribution in [3.8, 4) is 0 Å². The first-order valence-corrected chi connectivity index (χ1v) is 1.34. The van der Waals surface area contributed by atoms with Crippen LogP contribution in [0.1, 0.15) is 0 Å². The highest BCUT2D eigenvalue weighted by Crippen LogP contribution is 1.47. The summed E-state index contributed by atoms with van der Waals surface area (Å²) in [6, 6.07) is 0. The van der Waals surface area contributed by atoms with Crippen LogP contribution in [0.4, 0.5) is 0 Å². The lowest BCUT2D eigenvalue weighted by Gasteiger charge is -1.90. The van der Waals surface area contributed by atoms with E-state index >= 15 is 0 Å². The van der Waals surface area contributed by atoms with E-state index in [4.69, 9.17) is 0 Å². The molecule has 0 radical (unpaired) electrons. The fourth-order valence-corrected chi connectivity index (χ4v) is 0. The lowest BCUT2D eigenvalue weighted by atomic mass is 11.0. The Balaban J connectivity index is -0.0000000150. The maximum atomic E-state index is 2.00. The van der Waals surface area contributed by atoms with Crippen LogP contribution >= 0.6 is 0 Å². The molecule has 0 N–H and O–H groups in total. The minimum absolute atomic E-state index is 0. The molecule has 0 bridgehead atoms. The highest BCUT2D eigenvalue weighted by Gasteiger charge is 1.58. The van der Waals surface area contributed by atoms with Crippen LogP contribution in [0.5, 0.6) is 0 Å². The average molecular weight is 299 g/mol. The molecular formula is C3H9Br3N-3. The van der Waals surface area contributed by atoms with Gasteiger partial charge in [-0.05, 0) is 21.1 Å². The first kappa shape index (κ1) is 23.8. The topological polar surface area (TPSA) is 3.24 Å². The van der Waals surface area contributed by atoms with E-state index in [9.17, 15) is 0 Å². The zero-order chi connectivity index (χ0) is 3.58. The highest BCUT2D eigenvalue weighted by atomic mass is 79.9. The predicted octanol–water partition coefficient (Wildman–Crippen LogP) is -8.81. The molecule has 0 atom stereocenters. The summed E-state index contributed by atoms with van der Waals surface area (Å²) in [5, 5.41) is 0. The van der Waals surface area contributed by atoms with Gasteiger partial charge in [0, 0.05) is 0 Å². The van der Waals surface area contributed by atoms with Crippen molar-refractivity contribution in [1.29, 1.82) is 0 Å². The second-order valence-electron chi connectivity index (χ2n) is 1.34.